The molecule has 1 aliphatic rings. The van der Waals surface area contributed by atoms with Crippen molar-refractivity contribution < 1.29 is 14.3 Å². The number of ether oxygens (including phenoxy) is 1. The first-order valence-electron chi connectivity index (χ1n) is 7.89. The molecular weight excluding hydrogens is 312 g/mol. The van der Waals surface area contributed by atoms with E-state index < -0.39 is 0 Å². The first-order chi connectivity index (χ1) is 11.1. The molecule has 1 aliphatic carbocycles. The van der Waals surface area contributed by atoms with E-state index in [4.69, 9.17) is 17.0 Å². The largest absolute Gasteiger partial charge is 0.466 e. The molecule has 0 bridgehead atoms. The van der Waals surface area contributed by atoms with Crippen molar-refractivity contribution in [3.8, 4) is 0 Å². The molecule has 6 heteroatoms. The summed E-state index contributed by atoms with van der Waals surface area (Å²) in [6, 6.07) is 9.82. The summed E-state index contributed by atoms with van der Waals surface area (Å²) in [5, 5.41) is 3.15. The van der Waals surface area contributed by atoms with Gasteiger partial charge in [-0.2, -0.15) is 0 Å². The zero-order chi connectivity index (χ0) is 16.7. The summed E-state index contributed by atoms with van der Waals surface area (Å²) in [5.41, 5.74) is 1.07. The minimum absolute atomic E-state index is 0.0239. The van der Waals surface area contributed by atoms with Gasteiger partial charge in [0, 0.05) is 19.0 Å². The molecule has 5 nitrogen and oxygen atoms in total. The summed E-state index contributed by atoms with van der Waals surface area (Å²) in [4.78, 5) is 25.3. The highest BCUT2D eigenvalue weighted by molar-refractivity contribution is 7.80. The zero-order valence-electron chi connectivity index (χ0n) is 13.3. The van der Waals surface area contributed by atoms with Crippen LogP contribution < -0.4 is 5.32 Å². The molecule has 0 atom stereocenters. The van der Waals surface area contributed by atoms with Gasteiger partial charge in [0.15, 0.2) is 5.11 Å². The molecule has 1 amide bonds. The van der Waals surface area contributed by atoms with Gasteiger partial charge in [-0.05, 0) is 37.5 Å². The molecule has 0 saturated heterocycles. The number of rotatable bonds is 7. The maximum absolute atomic E-state index is 11.9. The van der Waals surface area contributed by atoms with E-state index in [1.165, 1.54) is 0 Å². The van der Waals surface area contributed by atoms with E-state index >= 15 is 0 Å². The van der Waals surface area contributed by atoms with Crippen LogP contribution in [0, 0.1) is 5.92 Å². The van der Waals surface area contributed by atoms with Gasteiger partial charge in [-0.25, -0.2) is 0 Å². The van der Waals surface area contributed by atoms with E-state index in [1.54, 1.807) is 6.92 Å². The molecule has 23 heavy (non-hydrogen) atoms. The van der Waals surface area contributed by atoms with Crippen LogP contribution in [0.1, 0.15) is 31.7 Å². The van der Waals surface area contributed by atoms with Crippen LogP contribution in [0.2, 0.25) is 0 Å². The number of thiocarbonyl (C=S) groups is 1. The number of hydrogen-bond donors (Lipinski definition) is 1. The number of nitrogens with zero attached hydrogens (tertiary/aromatic N) is 1. The number of carbonyl (C=O) groups is 2. The lowest BCUT2D eigenvalue weighted by Gasteiger charge is -2.25. The normalized spacial score (nSPS) is 13.3. The standard InChI is InChI=1S/C17H22N2O3S/c1-2-22-15(20)10-11-19(12-13-6-4-3-5-7-13)17(23)18-16(21)14-8-9-14/h3-7,14H,2,8-12H2,1H3,(H,18,21,23). The number of carbonyl (C=O) groups excluding carboxylic acids is 2. The summed E-state index contributed by atoms with van der Waals surface area (Å²) in [6.07, 6.45) is 2.09. The fourth-order valence-corrected chi connectivity index (χ4v) is 2.40. The van der Waals surface area contributed by atoms with Gasteiger partial charge in [0.05, 0.1) is 13.0 Å². The Morgan fingerprint density at radius 1 is 1.30 bits per heavy atom. The van der Waals surface area contributed by atoms with Crippen LogP contribution in [0.4, 0.5) is 0 Å². The van der Waals surface area contributed by atoms with Gasteiger partial charge in [-0.1, -0.05) is 30.3 Å². The molecule has 0 spiro atoms. The molecule has 1 N–H and O–H groups in total. The number of esters is 1. The lowest BCUT2D eigenvalue weighted by molar-refractivity contribution is -0.143. The second-order valence-electron chi connectivity index (χ2n) is 5.53. The molecular formula is C17H22N2O3S. The third-order valence-corrected chi connectivity index (χ3v) is 3.93. The third kappa shape index (κ3) is 5.98. The SMILES string of the molecule is CCOC(=O)CCN(Cc1ccccc1)C(=S)NC(=O)C1CC1. The summed E-state index contributed by atoms with van der Waals surface area (Å²) in [6.45, 7) is 3.10. The first-order valence-corrected chi connectivity index (χ1v) is 8.30. The Balaban J connectivity index is 1.95. The Hall–Kier alpha value is -1.95. The van der Waals surface area contributed by atoms with Crippen LogP contribution in [-0.2, 0) is 20.9 Å². The maximum Gasteiger partial charge on any atom is 0.307 e. The van der Waals surface area contributed by atoms with Crippen molar-refractivity contribution in [3.63, 3.8) is 0 Å². The minimum Gasteiger partial charge on any atom is -0.466 e. The Bertz CT molecular complexity index is 558. The molecule has 0 unspecified atom stereocenters. The van der Waals surface area contributed by atoms with Gasteiger partial charge in [0.1, 0.15) is 0 Å². The Morgan fingerprint density at radius 3 is 2.61 bits per heavy atom. The van der Waals surface area contributed by atoms with E-state index in [9.17, 15) is 9.59 Å². The summed E-state index contributed by atoms with van der Waals surface area (Å²) in [7, 11) is 0. The van der Waals surface area contributed by atoms with Crippen molar-refractivity contribution >= 4 is 29.2 Å². The number of amides is 1. The van der Waals surface area contributed by atoms with Crippen LogP contribution in [0.15, 0.2) is 30.3 Å². The predicted octanol–water partition coefficient (Wildman–Crippen LogP) is 2.25. The van der Waals surface area contributed by atoms with Crippen molar-refractivity contribution in [1.82, 2.24) is 10.2 Å². The van der Waals surface area contributed by atoms with Crippen LogP contribution in [0.5, 0.6) is 0 Å². The average Bonchev–Trinajstić information content (AvgIpc) is 3.37. The van der Waals surface area contributed by atoms with Crippen LogP contribution in [-0.4, -0.2) is 35.0 Å². The molecule has 0 aliphatic heterocycles. The van der Waals surface area contributed by atoms with E-state index in [1.807, 2.05) is 35.2 Å². The highest BCUT2D eigenvalue weighted by atomic mass is 32.1. The Labute approximate surface area is 142 Å². The van der Waals surface area contributed by atoms with Crippen molar-refractivity contribution in [3.05, 3.63) is 35.9 Å². The zero-order valence-corrected chi connectivity index (χ0v) is 14.1. The van der Waals surface area contributed by atoms with Crippen molar-refractivity contribution in [2.45, 2.75) is 32.7 Å². The van der Waals surface area contributed by atoms with Gasteiger partial charge in [-0.15, -0.1) is 0 Å². The molecule has 2 rings (SSSR count). The van der Waals surface area contributed by atoms with Crippen LogP contribution in [0.25, 0.3) is 0 Å². The molecule has 0 heterocycles. The first kappa shape index (κ1) is 17.4. The second kappa shape index (κ2) is 8.62. The second-order valence-corrected chi connectivity index (χ2v) is 5.92. The summed E-state index contributed by atoms with van der Waals surface area (Å²) >= 11 is 5.36. The molecule has 1 saturated carbocycles. The van der Waals surface area contributed by atoms with Crippen molar-refractivity contribution in [1.29, 1.82) is 0 Å². The Morgan fingerprint density at radius 2 is 2.00 bits per heavy atom. The smallest absolute Gasteiger partial charge is 0.307 e. The predicted molar refractivity (Wildman–Crippen MR) is 91.6 cm³/mol. The van der Waals surface area contributed by atoms with Crippen molar-refractivity contribution in [2.24, 2.45) is 5.92 Å². The summed E-state index contributed by atoms with van der Waals surface area (Å²) in [5.74, 6) is -0.192. The van der Waals surface area contributed by atoms with Gasteiger partial charge < -0.3 is 15.0 Å². The molecule has 1 aromatic rings. The summed E-state index contributed by atoms with van der Waals surface area (Å²) < 4.78 is 4.96. The fraction of sp³-hybridized carbons (Fsp3) is 0.471. The topological polar surface area (TPSA) is 58.6 Å². The monoisotopic (exact) mass is 334 g/mol. The quantitative estimate of drug-likeness (QED) is 0.612. The molecule has 0 aromatic heterocycles. The van der Waals surface area contributed by atoms with E-state index in [2.05, 4.69) is 5.32 Å². The highest BCUT2D eigenvalue weighted by Crippen LogP contribution is 2.28. The number of hydrogen-bond acceptors (Lipinski definition) is 4. The highest BCUT2D eigenvalue weighted by Gasteiger charge is 2.30. The van der Waals surface area contributed by atoms with Crippen LogP contribution in [0.3, 0.4) is 0 Å². The van der Waals surface area contributed by atoms with Gasteiger partial charge >= 0.3 is 5.97 Å². The van der Waals surface area contributed by atoms with Gasteiger partial charge in [0.2, 0.25) is 5.91 Å². The lowest BCUT2D eigenvalue weighted by Crippen LogP contribution is -2.43. The lowest BCUT2D eigenvalue weighted by atomic mass is 10.2. The molecule has 1 fully saturated rings. The minimum atomic E-state index is -0.262. The molecule has 1 aromatic carbocycles. The third-order valence-electron chi connectivity index (χ3n) is 3.57. The molecule has 0 radical (unpaired) electrons. The molecule has 124 valence electrons. The Kier molecular flexibility index (Phi) is 6.52. The van der Waals surface area contributed by atoms with Crippen LogP contribution >= 0.6 is 12.2 Å². The number of benzene rings is 1. The van der Waals surface area contributed by atoms with Gasteiger partial charge in [-0.3, -0.25) is 9.59 Å². The van der Waals surface area contributed by atoms with E-state index in [0.717, 1.165) is 18.4 Å². The van der Waals surface area contributed by atoms with Gasteiger partial charge in [0.25, 0.3) is 0 Å². The fourth-order valence-electron chi connectivity index (χ4n) is 2.15. The van der Waals surface area contributed by atoms with E-state index in [0.29, 0.717) is 24.8 Å². The van der Waals surface area contributed by atoms with E-state index in [-0.39, 0.29) is 24.2 Å². The average molecular weight is 334 g/mol. The maximum atomic E-state index is 11.9. The van der Waals surface area contributed by atoms with Crippen molar-refractivity contribution in [2.75, 3.05) is 13.2 Å². The number of nitrogens with one attached hydrogen (secondary N) is 1.